The Kier molecular flexibility index (Phi) is 8.68. The quantitative estimate of drug-likeness (QED) is 0.342. The maximum Gasteiger partial charge on any atom is 0.151 e. The molecule has 2 heterocycles. The number of aliphatic hydroxyl groups excluding tert-OH is 1. The van der Waals surface area contributed by atoms with Gasteiger partial charge in [-0.25, -0.2) is 8.42 Å². The molecule has 0 bridgehead atoms. The third-order valence-corrected chi connectivity index (χ3v) is 8.69. The highest BCUT2D eigenvalue weighted by Gasteiger charge is 2.33. The summed E-state index contributed by atoms with van der Waals surface area (Å²) in [6, 6.07) is 16.4. The van der Waals surface area contributed by atoms with Crippen LogP contribution < -0.4 is 4.74 Å². The number of nitrogens with zero attached hydrogens (tertiary/aromatic N) is 1. The monoisotopic (exact) mass is 551 g/mol. The predicted molar refractivity (Wildman–Crippen MR) is 144 cm³/mol. The first-order valence-electron chi connectivity index (χ1n) is 12.0. The maximum atomic E-state index is 12.2. The van der Waals surface area contributed by atoms with Crippen LogP contribution in [0.3, 0.4) is 0 Å². The molecule has 4 rings (SSSR count). The van der Waals surface area contributed by atoms with Crippen molar-refractivity contribution in [2.75, 3.05) is 24.7 Å². The summed E-state index contributed by atoms with van der Waals surface area (Å²) in [5.41, 5.74) is 1.90. The molecule has 0 saturated carbocycles. The van der Waals surface area contributed by atoms with Gasteiger partial charge in [0.05, 0.1) is 23.1 Å². The molecule has 1 fully saturated rings. The fraction of sp³-hybridized carbons (Fsp3) is 0.407. The van der Waals surface area contributed by atoms with E-state index in [9.17, 15) is 13.5 Å². The van der Waals surface area contributed by atoms with Crippen molar-refractivity contribution in [2.24, 2.45) is 0 Å². The first-order chi connectivity index (χ1) is 17.1. The largest absolute Gasteiger partial charge is 0.491 e. The van der Waals surface area contributed by atoms with E-state index in [4.69, 9.17) is 32.4 Å². The van der Waals surface area contributed by atoms with Gasteiger partial charge in [0.25, 0.3) is 0 Å². The lowest BCUT2D eigenvalue weighted by Gasteiger charge is -2.29. The van der Waals surface area contributed by atoms with Crippen LogP contribution in [0.25, 0.3) is 11.3 Å². The van der Waals surface area contributed by atoms with E-state index in [-0.39, 0.29) is 30.7 Å². The Morgan fingerprint density at radius 1 is 1.11 bits per heavy atom. The van der Waals surface area contributed by atoms with Gasteiger partial charge in [0, 0.05) is 23.2 Å². The molecule has 2 aromatic carbocycles. The van der Waals surface area contributed by atoms with Crippen molar-refractivity contribution in [2.45, 2.75) is 44.9 Å². The molecule has 0 spiro atoms. The Labute approximate surface area is 222 Å². The smallest absolute Gasteiger partial charge is 0.151 e. The minimum Gasteiger partial charge on any atom is -0.491 e. The van der Waals surface area contributed by atoms with Gasteiger partial charge < -0.3 is 14.3 Å². The van der Waals surface area contributed by atoms with Crippen molar-refractivity contribution in [3.05, 3.63) is 76.0 Å². The van der Waals surface area contributed by atoms with E-state index in [0.29, 0.717) is 51.8 Å². The van der Waals surface area contributed by atoms with Crippen molar-refractivity contribution in [3.63, 3.8) is 0 Å². The summed E-state index contributed by atoms with van der Waals surface area (Å²) in [4.78, 5) is 1.96. The van der Waals surface area contributed by atoms with Crippen molar-refractivity contribution in [1.29, 1.82) is 0 Å². The Morgan fingerprint density at radius 2 is 1.86 bits per heavy atom. The standard InChI is InChI=1S/C27H31Cl2NO5S/c1-18(2)19-3-6-23(7-4-19)34-16-22(31)14-30(21-11-12-36(32,33)17-21)15-24-8-10-27(35-24)25-13-20(28)5-9-26(25)29/h3-10,13,18,21-22,31H,11-12,14-17H2,1-2H3. The van der Waals surface area contributed by atoms with Gasteiger partial charge in [0.15, 0.2) is 9.84 Å². The SMILES string of the molecule is CC(C)c1ccc(OCC(O)CN(Cc2ccc(-c3cc(Cl)ccc3Cl)o2)C2CCS(=O)(=O)C2)cc1. The fourth-order valence-corrected chi connectivity index (χ4v) is 6.51. The van der Waals surface area contributed by atoms with Crippen LogP contribution in [0.2, 0.25) is 10.0 Å². The lowest BCUT2D eigenvalue weighted by molar-refractivity contribution is 0.0498. The van der Waals surface area contributed by atoms with E-state index in [1.165, 1.54) is 5.56 Å². The first kappa shape index (κ1) is 27.0. The summed E-state index contributed by atoms with van der Waals surface area (Å²) < 4.78 is 36.2. The molecule has 1 aliphatic heterocycles. The lowest BCUT2D eigenvalue weighted by Crippen LogP contribution is -2.42. The molecule has 9 heteroatoms. The molecule has 0 amide bonds. The van der Waals surface area contributed by atoms with Gasteiger partial charge in [0.2, 0.25) is 0 Å². The van der Waals surface area contributed by atoms with Crippen molar-refractivity contribution in [3.8, 4) is 17.1 Å². The highest BCUT2D eigenvalue weighted by Crippen LogP contribution is 2.32. The second-order valence-electron chi connectivity index (χ2n) is 9.56. The molecule has 6 nitrogen and oxygen atoms in total. The van der Waals surface area contributed by atoms with Crippen LogP contribution in [-0.4, -0.2) is 55.2 Å². The van der Waals surface area contributed by atoms with Crippen LogP contribution in [0.4, 0.5) is 0 Å². The van der Waals surface area contributed by atoms with Crippen molar-refractivity contribution >= 4 is 33.0 Å². The van der Waals surface area contributed by atoms with Crippen LogP contribution in [0.5, 0.6) is 5.75 Å². The molecule has 1 aromatic heterocycles. The van der Waals surface area contributed by atoms with Crippen LogP contribution in [0, 0.1) is 0 Å². The number of rotatable bonds is 10. The molecule has 2 unspecified atom stereocenters. The van der Waals surface area contributed by atoms with E-state index >= 15 is 0 Å². The number of ether oxygens (including phenoxy) is 1. The molecular weight excluding hydrogens is 521 g/mol. The molecule has 1 aliphatic rings. The van der Waals surface area contributed by atoms with Crippen molar-refractivity contribution < 1.29 is 22.7 Å². The van der Waals surface area contributed by atoms with Crippen LogP contribution in [0.1, 0.15) is 37.5 Å². The minimum atomic E-state index is -3.10. The number of benzene rings is 2. The number of sulfone groups is 1. The van der Waals surface area contributed by atoms with Gasteiger partial charge in [-0.3, -0.25) is 4.90 Å². The summed E-state index contributed by atoms with van der Waals surface area (Å²) >= 11 is 12.4. The van der Waals surface area contributed by atoms with E-state index in [0.717, 1.165) is 0 Å². The Hall–Kier alpha value is -2.03. The number of hydrogen-bond acceptors (Lipinski definition) is 6. The number of halogens is 2. The third-order valence-electron chi connectivity index (χ3n) is 6.37. The highest BCUT2D eigenvalue weighted by molar-refractivity contribution is 7.91. The zero-order valence-corrected chi connectivity index (χ0v) is 22.7. The molecule has 0 radical (unpaired) electrons. The zero-order chi connectivity index (χ0) is 25.9. The molecular formula is C27H31Cl2NO5S. The first-order valence-corrected chi connectivity index (χ1v) is 14.6. The summed E-state index contributed by atoms with van der Waals surface area (Å²) in [5, 5.41) is 11.8. The van der Waals surface area contributed by atoms with Crippen LogP contribution in [-0.2, 0) is 16.4 Å². The second-order valence-corrected chi connectivity index (χ2v) is 12.6. The van der Waals surface area contributed by atoms with Gasteiger partial charge in [0.1, 0.15) is 30.0 Å². The number of aliphatic hydroxyl groups is 1. The topological polar surface area (TPSA) is 80.0 Å². The lowest BCUT2D eigenvalue weighted by atomic mass is 10.0. The Balaban J connectivity index is 1.44. The summed E-state index contributed by atoms with van der Waals surface area (Å²) in [6.45, 7) is 4.95. The van der Waals surface area contributed by atoms with Gasteiger partial charge in [-0.05, 0) is 60.4 Å². The third kappa shape index (κ3) is 7.05. The molecule has 2 atom stereocenters. The van der Waals surface area contributed by atoms with Gasteiger partial charge in [-0.2, -0.15) is 0 Å². The van der Waals surface area contributed by atoms with Crippen LogP contribution >= 0.6 is 23.2 Å². The van der Waals surface area contributed by atoms with E-state index < -0.39 is 15.9 Å². The van der Waals surface area contributed by atoms with Gasteiger partial charge >= 0.3 is 0 Å². The summed E-state index contributed by atoms with van der Waals surface area (Å²) in [7, 11) is -3.10. The fourth-order valence-electron chi connectivity index (χ4n) is 4.36. The van der Waals surface area contributed by atoms with E-state index in [2.05, 4.69) is 13.8 Å². The molecule has 1 saturated heterocycles. The molecule has 36 heavy (non-hydrogen) atoms. The molecule has 0 aliphatic carbocycles. The summed E-state index contributed by atoms with van der Waals surface area (Å²) in [5.74, 6) is 2.53. The normalized spacial score (nSPS) is 18.1. The van der Waals surface area contributed by atoms with Gasteiger partial charge in [-0.1, -0.05) is 49.2 Å². The Bertz CT molecular complexity index is 1270. The zero-order valence-electron chi connectivity index (χ0n) is 20.4. The average Bonchev–Trinajstić information content (AvgIpc) is 3.45. The van der Waals surface area contributed by atoms with Crippen LogP contribution in [0.15, 0.2) is 59.0 Å². The maximum absolute atomic E-state index is 12.2. The predicted octanol–water partition coefficient (Wildman–Crippen LogP) is 5.81. The minimum absolute atomic E-state index is 0.0604. The highest BCUT2D eigenvalue weighted by atomic mass is 35.5. The number of furan rings is 1. The Morgan fingerprint density at radius 3 is 2.53 bits per heavy atom. The second kappa shape index (κ2) is 11.6. The van der Waals surface area contributed by atoms with E-state index in [1.54, 1.807) is 18.2 Å². The molecule has 3 aromatic rings. The average molecular weight is 553 g/mol. The van der Waals surface area contributed by atoms with E-state index in [1.807, 2.05) is 41.3 Å². The van der Waals surface area contributed by atoms with Crippen molar-refractivity contribution in [1.82, 2.24) is 4.90 Å². The number of hydrogen-bond donors (Lipinski definition) is 1. The molecule has 1 N–H and O–H groups in total. The summed E-state index contributed by atoms with van der Waals surface area (Å²) in [6.07, 6.45) is -0.296. The molecule has 194 valence electrons. The van der Waals surface area contributed by atoms with Gasteiger partial charge in [-0.15, -0.1) is 0 Å².